The third-order valence-electron chi connectivity index (χ3n) is 4.34. The molecule has 0 saturated carbocycles. The molecule has 2 aromatic carbocycles. The molecule has 0 spiro atoms. The second-order valence-electron chi connectivity index (χ2n) is 6.25. The molecule has 1 fully saturated rings. The molecule has 0 aliphatic carbocycles. The first kappa shape index (κ1) is 19.3. The Hall–Kier alpha value is -2.49. The summed E-state index contributed by atoms with van der Waals surface area (Å²) in [7, 11) is -3.93. The van der Waals surface area contributed by atoms with Crippen LogP contribution in [0, 0.1) is 11.7 Å². The fraction of sp³-hybridized carbons (Fsp3) is 0.278. The average Bonchev–Trinajstić information content (AvgIpc) is 3.15. The minimum Gasteiger partial charge on any atom is -0.326 e. The summed E-state index contributed by atoms with van der Waals surface area (Å²) < 4.78 is 40.7. The molecule has 1 aliphatic rings. The number of hydrazine groups is 1. The minimum atomic E-state index is -3.93. The predicted octanol–water partition coefficient (Wildman–Crippen LogP) is 1.82. The van der Waals surface area contributed by atoms with Gasteiger partial charge < -0.3 is 5.32 Å². The Morgan fingerprint density at radius 2 is 1.74 bits per heavy atom. The van der Waals surface area contributed by atoms with Crippen molar-refractivity contribution in [3.05, 3.63) is 59.9 Å². The first-order valence-corrected chi connectivity index (χ1v) is 10.1. The van der Waals surface area contributed by atoms with Crippen molar-refractivity contribution in [1.29, 1.82) is 0 Å². The van der Waals surface area contributed by atoms with Crippen LogP contribution < -0.4 is 20.9 Å². The van der Waals surface area contributed by atoms with E-state index in [2.05, 4.69) is 20.9 Å². The number of benzene rings is 2. The summed E-state index contributed by atoms with van der Waals surface area (Å²) in [5, 5.41) is 1.58. The number of hydrogen-bond acceptors (Lipinski definition) is 5. The number of sulfonamides is 1. The van der Waals surface area contributed by atoms with Crippen molar-refractivity contribution in [3.63, 3.8) is 0 Å². The normalized spacial score (nSPS) is 19.6. The number of nitrogens with one attached hydrogen (secondary N) is 4. The third-order valence-corrected chi connectivity index (χ3v) is 5.97. The molecule has 3 rings (SSSR count). The molecule has 9 heteroatoms. The summed E-state index contributed by atoms with van der Waals surface area (Å²) in [6.07, 6.45) is 0.889. The molecule has 0 radical (unpaired) electrons. The Labute approximate surface area is 157 Å². The molecule has 1 saturated heterocycles. The first-order chi connectivity index (χ1) is 12.9. The fourth-order valence-corrected chi connectivity index (χ4v) is 4.29. The van der Waals surface area contributed by atoms with Gasteiger partial charge in [0, 0.05) is 17.9 Å². The van der Waals surface area contributed by atoms with Crippen LogP contribution in [0.1, 0.15) is 12.5 Å². The van der Waals surface area contributed by atoms with E-state index in [0.29, 0.717) is 5.69 Å². The number of rotatable bonds is 6. The van der Waals surface area contributed by atoms with E-state index in [1.165, 1.54) is 12.1 Å². The molecule has 2 aromatic rings. The van der Waals surface area contributed by atoms with Gasteiger partial charge in [0.05, 0.1) is 5.92 Å². The van der Waals surface area contributed by atoms with Gasteiger partial charge in [-0.05, 0) is 48.4 Å². The predicted molar refractivity (Wildman–Crippen MR) is 102 cm³/mol. The summed E-state index contributed by atoms with van der Waals surface area (Å²) in [6, 6.07) is 12.3. The number of amides is 1. The Bertz CT molecular complexity index is 901. The quantitative estimate of drug-likeness (QED) is 0.601. The molecule has 4 N–H and O–H groups in total. The zero-order valence-corrected chi connectivity index (χ0v) is 15.5. The number of aryl methyl sites for hydroxylation is 1. The molecule has 0 aromatic heterocycles. The van der Waals surface area contributed by atoms with Crippen LogP contribution >= 0.6 is 0 Å². The fourth-order valence-electron chi connectivity index (χ4n) is 2.81. The van der Waals surface area contributed by atoms with Gasteiger partial charge in [-0.2, -0.15) is 0 Å². The van der Waals surface area contributed by atoms with E-state index >= 15 is 0 Å². The van der Waals surface area contributed by atoms with Crippen LogP contribution in [-0.4, -0.2) is 26.2 Å². The van der Waals surface area contributed by atoms with Crippen molar-refractivity contribution in [2.45, 2.75) is 18.7 Å². The van der Waals surface area contributed by atoms with Crippen molar-refractivity contribution in [2.24, 2.45) is 5.92 Å². The van der Waals surface area contributed by atoms with Crippen LogP contribution in [0.5, 0.6) is 0 Å². The third kappa shape index (κ3) is 4.62. The summed E-state index contributed by atoms with van der Waals surface area (Å²) in [5.74, 6) is -1.72. The van der Waals surface area contributed by atoms with E-state index < -0.39 is 33.0 Å². The second kappa shape index (κ2) is 8.03. The highest BCUT2D eigenvalue weighted by atomic mass is 32.2. The highest BCUT2D eigenvalue weighted by Crippen LogP contribution is 2.20. The van der Waals surface area contributed by atoms with Gasteiger partial charge in [0.15, 0.2) is 5.37 Å². The lowest BCUT2D eigenvalue weighted by molar-refractivity contribution is -0.119. The first-order valence-electron chi connectivity index (χ1n) is 8.54. The molecule has 144 valence electrons. The van der Waals surface area contributed by atoms with E-state index in [1.807, 2.05) is 19.1 Å². The van der Waals surface area contributed by atoms with Crippen LogP contribution in [0.2, 0.25) is 0 Å². The van der Waals surface area contributed by atoms with E-state index in [9.17, 15) is 17.6 Å². The van der Waals surface area contributed by atoms with Crippen molar-refractivity contribution >= 4 is 27.3 Å². The van der Waals surface area contributed by atoms with E-state index in [1.54, 1.807) is 12.1 Å². The number of carbonyl (C=O) groups excluding carboxylic acids is 1. The molecule has 1 heterocycles. The number of hydrogen-bond donors (Lipinski definition) is 4. The Morgan fingerprint density at radius 3 is 2.37 bits per heavy atom. The van der Waals surface area contributed by atoms with Crippen molar-refractivity contribution in [1.82, 2.24) is 10.9 Å². The maximum atomic E-state index is 13.0. The average molecular weight is 392 g/mol. The number of anilines is 2. The highest BCUT2D eigenvalue weighted by Gasteiger charge is 2.41. The van der Waals surface area contributed by atoms with Gasteiger partial charge in [0.2, 0.25) is 5.91 Å². The molecule has 27 heavy (non-hydrogen) atoms. The maximum Gasteiger partial charge on any atom is 0.250 e. The van der Waals surface area contributed by atoms with E-state index in [4.69, 9.17) is 0 Å². The smallest absolute Gasteiger partial charge is 0.250 e. The van der Waals surface area contributed by atoms with Gasteiger partial charge in [-0.15, -0.1) is 0 Å². The zero-order valence-electron chi connectivity index (χ0n) is 14.7. The number of carbonyl (C=O) groups is 1. The lowest BCUT2D eigenvalue weighted by Crippen LogP contribution is -2.45. The summed E-state index contributed by atoms with van der Waals surface area (Å²) in [4.78, 5) is 12.6. The van der Waals surface area contributed by atoms with Crippen molar-refractivity contribution < 1.29 is 17.6 Å². The Morgan fingerprint density at radius 1 is 1.11 bits per heavy atom. The summed E-state index contributed by atoms with van der Waals surface area (Å²) in [6.45, 7) is 2.20. The second-order valence-corrected chi connectivity index (χ2v) is 8.05. The summed E-state index contributed by atoms with van der Waals surface area (Å²) in [5.41, 5.74) is 7.31. The highest BCUT2D eigenvalue weighted by molar-refractivity contribution is 7.93. The van der Waals surface area contributed by atoms with Crippen molar-refractivity contribution in [2.75, 3.05) is 16.6 Å². The van der Waals surface area contributed by atoms with Crippen LogP contribution in [0.4, 0.5) is 15.8 Å². The van der Waals surface area contributed by atoms with Gasteiger partial charge in [0.25, 0.3) is 10.0 Å². The Kier molecular flexibility index (Phi) is 5.73. The minimum absolute atomic E-state index is 0.161. The molecule has 1 aliphatic heterocycles. The monoisotopic (exact) mass is 392 g/mol. The van der Waals surface area contributed by atoms with E-state index in [0.717, 1.165) is 24.1 Å². The molecular weight excluding hydrogens is 371 g/mol. The summed E-state index contributed by atoms with van der Waals surface area (Å²) >= 11 is 0. The lowest BCUT2D eigenvalue weighted by atomic mass is 10.1. The van der Waals surface area contributed by atoms with Crippen molar-refractivity contribution in [3.8, 4) is 0 Å². The maximum absolute atomic E-state index is 13.0. The van der Waals surface area contributed by atoms with Gasteiger partial charge in [-0.3, -0.25) is 14.9 Å². The van der Waals surface area contributed by atoms with Gasteiger partial charge in [-0.1, -0.05) is 19.1 Å². The van der Waals surface area contributed by atoms with Crippen LogP contribution in [0.15, 0.2) is 48.5 Å². The molecule has 7 nitrogen and oxygen atoms in total. The van der Waals surface area contributed by atoms with Gasteiger partial charge >= 0.3 is 0 Å². The largest absolute Gasteiger partial charge is 0.326 e. The lowest BCUT2D eigenvalue weighted by Gasteiger charge is -2.19. The standard InChI is InChI=1S/C18H21FN4O3S/c1-2-12-3-7-14(8-4-12)21-17(24)16-11-20-22-18(16)27(25,26)23-15-9-5-13(19)6-10-15/h3-10,16,18,20,22-23H,2,11H2,1H3,(H,21,24). The molecular formula is C18H21FN4O3S. The van der Waals surface area contributed by atoms with Crippen LogP contribution in [0.25, 0.3) is 0 Å². The topological polar surface area (TPSA) is 99.3 Å². The van der Waals surface area contributed by atoms with Gasteiger partial charge in [-0.25, -0.2) is 18.2 Å². The molecule has 2 unspecified atom stereocenters. The molecule has 2 atom stereocenters. The Balaban J connectivity index is 1.71. The number of halogens is 1. The molecule has 1 amide bonds. The van der Waals surface area contributed by atoms with Gasteiger partial charge in [0.1, 0.15) is 5.82 Å². The molecule has 0 bridgehead atoms. The van der Waals surface area contributed by atoms with Crippen LogP contribution in [-0.2, 0) is 21.2 Å². The van der Waals surface area contributed by atoms with E-state index in [-0.39, 0.29) is 12.2 Å². The SMILES string of the molecule is CCc1ccc(NC(=O)C2CNNC2S(=O)(=O)Nc2ccc(F)cc2)cc1. The zero-order chi connectivity index (χ0) is 19.4. The van der Waals surface area contributed by atoms with Crippen LogP contribution in [0.3, 0.4) is 0 Å².